The highest BCUT2D eigenvalue weighted by Crippen LogP contribution is 2.14. The normalized spacial score (nSPS) is 12.0. The number of nitrogens with one attached hydrogen (secondary N) is 1. The summed E-state index contributed by atoms with van der Waals surface area (Å²) in [5.41, 5.74) is 5.76. The van der Waals surface area contributed by atoms with Crippen molar-refractivity contribution in [3.05, 3.63) is 59.7 Å². The van der Waals surface area contributed by atoms with Crippen LogP contribution in [0.2, 0.25) is 0 Å². The Morgan fingerprint density at radius 1 is 1.12 bits per heavy atom. The van der Waals surface area contributed by atoms with Gasteiger partial charge in [-0.3, -0.25) is 4.79 Å². The van der Waals surface area contributed by atoms with Gasteiger partial charge >= 0.3 is 0 Å². The Morgan fingerprint density at radius 2 is 1.73 bits per heavy atom. The van der Waals surface area contributed by atoms with E-state index in [-0.39, 0.29) is 5.91 Å². The molecule has 0 aliphatic heterocycles. The van der Waals surface area contributed by atoms with Gasteiger partial charge in [-0.15, -0.1) is 0 Å². The lowest BCUT2D eigenvalue weighted by molar-refractivity contribution is -0.127. The van der Waals surface area contributed by atoms with E-state index >= 15 is 0 Å². The highest BCUT2D eigenvalue weighted by Gasteiger charge is 2.13. The first kappa shape index (κ1) is 19.5. The molecular formula is C21H27N3O2. The van der Waals surface area contributed by atoms with Gasteiger partial charge in [0.15, 0.2) is 6.10 Å². The van der Waals surface area contributed by atoms with Crippen molar-refractivity contribution in [2.75, 3.05) is 18.0 Å². The molecule has 1 N–H and O–H groups in total. The summed E-state index contributed by atoms with van der Waals surface area (Å²) >= 11 is 0. The number of amides is 1. The van der Waals surface area contributed by atoms with Crippen LogP contribution in [0.1, 0.15) is 31.9 Å². The molecule has 1 amide bonds. The maximum atomic E-state index is 12.1. The number of ether oxygens (including phenoxy) is 1. The number of carbonyl (C=O) groups is 1. The van der Waals surface area contributed by atoms with Crippen molar-refractivity contribution in [3.8, 4) is 5.75 Å². The second kappa shape index (κ2) is 9.61. The van der Waals surface area contributed by atoms with E-state index in [2.05, 4.69) is 41.4 Å². The zero-order chi connectivity index (χ0) is 18.9. The van der Waals surface area contributed by atoms with E-state index in [4.69, 9.17) is 4.74 Å². The number of hydrogen-bond donors (Lipinski definition) is 1. The molecule has 1 unspecified atom stereocenters. The van der Waals surface area contributed by atoms with Crippen LogP contribution < -0.4 is 15.1 Å². The predicted molar refractivity (Wildman–Crippen MR) is 107 cm³/mol. The minimum Gasteiger partial charge on any atom is -0.481 e. The molecule has 0 fully saturated rings. The number of hydrogen-bond acceptors (Lipinski definition) is 4. The van der Waals surface area contributed by atoms with Gasteiger partial charge in [0.25, 0.3) is 5.91 Å². The maximum Gasteiger partial charge on any atom is 0.280 e. The first-order valence-corrected chi connectivity index (χ1v) is 8.94. The van der Waals surface area contributed by atoms with Crippen LogP contribution >= 0.6 is 0 Å². The Balaban J connectivity index is 1.86. The van der Waals surface area contributed by atoms with Gasteiger partial charge in [0.05, 0.1) is 6.21 Å². The molecule has 5 nitrogen and oxygen atoms in total. The molecule has 0 saturated carbocycles. The van der Waals surface area contributed by atoms with Crippen LogP contribution in [0.4, 0.5) is 5.69 Å². The van der Waals surface area contributed by atoms with Crippen LogP contribution in [0.15, 0.2) is 53.6 Å². The Hall–Kier alpha value is -2.82. The van der Waals surface area contributed by atoms with Crippen LogP contribution in [-0.2, 0) is 4.79 Å². The molecule has 0 aliphatic carbocycles. The Morgan fingerprint density at radius 3 is 2.31 bits per heavy atom. The summed E-state index contributed by atoms with van der Waals surface area (Å²) < 4.78 is 5.61. The quantitative estimate of drug-likeness (QED) is 0.581. The van der Waals surface area contributed by atoms with Gasteiger partial charge in [0.2, 0.25) is 0 Å². The molecule has 0 spiro atoms. The minimum atomic E-state index is -0.625. The minimum absolute atomic E-state index is 0.290. The third kappa shape index (κ3) is 5.62. The van der Waals surface area contributed by atoms with Crippen LogP contribution in [0.5, 0.6) is 5.75 Å². The monoisotopic (exact) mass is 353 g/mol. The van der Waals surface area contributed by atoms with E-state index < -0.39 is 6.10 Å². The lowest BCUT2D eigenvalue weighted by atomic mass is 10.2. The number of nitrogens with zero attached hydrogens (tertiary/aromatic N) is 2. The fraction of sp³-hybridized carbons (Fsp3) is 0.333. The van der Waals surface area contributed by atoms with Gasteiger partial charge in [-0.25, -0.2) is 5.43 Å². The number of carbonyl (C=O) groups excluding carboxylic acids is 1. The molecule has 26 heavy (non-hydrogen) atoms. The SMILES string of the molecule is CCN(CC)c1ccc(/C=N/NC(=O)C(C)Oc2ccc(C)cc2)cc1. The van der Waals surface area contributed by atoms with Gasteiger partial charge in [-0.1, -0.05) is 29.8 Å². The summed E-state index contributed by atoms with van der Waals surface area (Å²) in [6.45, 7) is 9.91. The molecule has 0 radical (unpaired) electrons. The van der Waals surface area contributed by atoms with Crippen molar-refractivity contribution < 1.29 is 9.53 Å². The summed E-state index contributed by atoms with van der Waals surface area (Å²) in [5.74, 6) is 0.371. The van der Waals surface area contributed by atoms with Crippen LogP contribution in [0.3, 0.4) is 0 Å². The fourth-order valence-corrected chi connectivity index (χ4v) is 2.50. The summed E-state index contributed by atoms with van der Waals surface area (Å²) in [6, 6.07) is 15.7. The highest BCUT2D eigenvalue weighted by atomic mass is 16.5. The molecule has 0 heterocycles. The maximum absolute atomic E-state index is 12.1. The molecule has 2 aromatic rings. The van der Waals surface area contributed by atoms with Gasteiger partial charge in [0.1, 0.15) is 5.75 Å². The predicted octanol–water partition coefficient (Wildman–Crippen LogP) is 3.76. The molecular weight excluding hydrogens is 326 g/mol. The number of aryl methyl sites for hydroxylation is 1. The molecule has 1 atom stereocenters. The number of anilines is 1. The largest absolute Gasteiger partial charge is 0.481 e. The van der Waals surface area contributed by atoms with Crippen LogP contribution in [0, 0.1) is 6.92 Å². The molecule has 5 heteroatoms. The summed E-state index contributed by atoms with van der Waals surface area (Å²) in [6.07, 6.45) is 1.00. The van der Waals surface area contributed by atoms with E-state index in [0.717, 1.165) is 24.2 Å². The molecule has 0 aliphatic rings. The van der Waals surface area contributed by atoms with Crippen molar-refractivity contribution in [2.45, 2.75) is 33.8 Å². The molecule has 2 aromatic carbocycles. The number of hydrazone groups is 1. The lowest BCUT2D eigenvalue weighted by Crippen LogP contribution is -2.33. The van der Waals surface area contributed by atoms with E-state index in [1.54, 1.807) is 13.1 Å². The second-order valence-corrected chi connectivity index (χ2v) is 6.07. The molecule has 138 valence electrons. The van der Waals surface area contributed by atoms with Gasteiger partial charge in [-0.05, 0) is 57.5 Å². The van der Waals surface area contributed by atoms with Crippen molar-refractivity contribution in [2.24, 2.45) is 5.10 Å². The number of rotatable bonds is 8. The summed E-state index contributed by atoms with van der Waals surface area (Å²) in [7, 11) is 0. The van der Waals surface area contributed by atoms with E-state index in [0.29, 0.717) is 5.75 Å². The topological polar surface area (TPSA) is 53.9 Å². The van der Waals surface area contributed by atoms with Gasteiger partial charge in [-0.2, -0.15) is 5.10 Å². The first-order valence-electron chi connectivity index (χ1n) is 8.94. The first-order chi connectivity index (χ1) is 12.5. The Labute approximate surface area is 155 Å². The summed E-state index contributed by atoms with van der Waals surface area (Å²) in [4.78, 5) is 14.3. The molecule has 0 aromatic heterocycles. The Bertz CT molecular complexity index is 720. The average Bonchev–Trinajstić information content (AvgIpc) is 2.65. The third-order valence-corrected chi connectivity index (χ3v) is 4.11. The molecule has 0 bridgehead atoms. The third-order valence-electron chi connectivity index (χ3n) is 4.11. The van der Waals surface area contributed by atoms with E-state index in [9.17, 15) is 4.79 Å². The second-order valence-electron chi connectivity index (χ2n) is 6.07. The highest BCUT2D eigenvalue weighted by molar-refractivity contribution is 5.84. The zero-order valence-electron chi connectivity index (χ0n) is 15.9. The van der Waals surface area contributed by atoms with Crippen molar-refractivity contribution >= 4 is 17.8 Å². The van der Waals surface area contributed by atoms with Crippen molar-refractivity contribution in [3.63, 3.8) is 0 Å². The molecule has 0 saturated heterocycles. The smallest absolute Gasteiger partial charge is 0.280 e. The zero-order valence-corrected chi connectivity index (χ0v) is 15.9. The van der Waals surface area contributed by atoms with Crippen LogP contribution in [0.25, 0.3) is 0 Å². The molecule has 2 rings (SSSR count). The van der Waals surface area contributed by atoms with E-state index in [1.165, 1.54) is 5.69 Å². The Kier molecular flexibility index (Phi) is 7.21. The fourth-order valence-electron chi connectivity index (χ4n) is 2.50. The van der Waals surface area contributed by atoms with Crippen molar-refractivity contribution in [1.29, 1.82) is 0 Å². The van der Waals surface area contributed by atoms with Crippen LogP contribution in [-0.4, -0.2) is 31.3 Å². The lowest BCUT2D eigenvalue weighted by Gasteiger charge is -2.20. The van der Waals surface area contributed by atoms with Crippen molar-refractivity contribution in [1.82, 2.24) is 5.43 Å². The van der Waals surface area contributed by atoms with E-state index in [1.807, 2.05) is 43.3 Å². The number of benzene rings is 2. The average molecular weight is 353 g/mol. The standard InChI is InChI=1S/C21H27N3O2/c1-5-24(6-2)19-11-9-18(10-12-19)15-22-23-21(25)17(4)26-20-13-7-16(3)8-14-20/h7-15,17H,5-6H2,1-4H3,(H,23,25)/b22-15+. The van der Waals surface area contributed by atoms with Gasteiger partial charge in [0, 0.05) is 18.8 Å². The summed E-state index contributed by atoms with van der Waals surface area (Å²) in [5, 5.41) is 4.02. The van der Waals surface area contributed by atoms with Gasteiger partial charge < -0.3 is 9.64 Å².